The standard InChI is InChI=1S/C20H26N4O2/c1-13-4-3-9-24(12-13)20(25)16-7-8-17(14(2)10-16)21-11-18-22-19(23-26-18)15-5-6-15/h7-8,10,13,15,21H,3-6,9,11-12H2,1-2H3/t13-/m1/s1. The van der Waals surface area contributed by atoms with Gasteiger partial charge in [-0.15, -0.1) is 0 Å². The van der Waals surface area contributed by atoms with Gasteiger partial charge in [0.25, 0.3) is 5.91 Å². The van der Waals surface area contributed by atoms with Crippen LogP contribution in [0.4, 0.5) is 5.69 Å². The van der Waals surface area contributed by atoms with Crippen molar-refractivity contribution in [2.75, 3.05) is 18.4 Å². The average molecular weight is 354 g/mol. The van der Waals surface area contributed by atoms with Gasteiger partial charge in [-0.2, -0.15) is 4.98 Å². The smallest absolute Gasteiger partial charge is 0.253 e. The van der Waals surface area contributed by atoms with Gasteiger partial charge in [-0.25, -0.2) is 0 Å². The van der Waals surface area contributed by atoms with Gasteiger partial charge < -0.3 is 14.7 Å². The Balaban J connectivity index is 1.39. The zero-order valence-corrected chi connectivity index (χ0v) is 15.5. The van der Waals surface area contributed by atoms with E-state index >= 15 is 0 Å². The molecule has 1 aromatic carbocycles. The van der Waals surface area contributed by atoms with Crippen molar-refractivity contribution in [3.05, 3.63) is 41.0 Å². The third-order valence-corrected chi connectivity index (χ3v) is 5.27. The summed E-state index contributed by atoms with van der Waals surface area (Å²) in [6.45, 7) is 6.45. The molecule has 138 valence electrons. The average Bonchev–Trinajstić information content (AvgIpc) is 3.38. The van der Waals surface area contributed by atoms with Gasteiger partial charge >= 0.3 is 0 Å². The molecule has 4 rings (SSSR count). The summed E-state index contributed by atoms with van der Waals surface area (Å²) >= 11 is 0. The maximum Gasteiger partial charge on any atom is 0.253 e. The van der Waals surface area contributed by atoms with Gasteiger partial charge in [0.2, 0.25) is 5.89 Å². The number of hydrogen-bond donors (Lipinski definition) is 1. The zero-order valence-electron chi connectivity index (χ0n) is 15.5. The van der Waals surface area contributed by atoms with Crippen LogP contribution in [-0.4, -0.2) is 34.0 Å². The van der Waals surface area contributed by atoms with E-state index in [1.807, 2.05) is 30.0 Å². The fourth-order valence-corrected chi connectivity index (χ4v) is 3.57. The van der Waals surface area contributed by atoms with E-state index < -0.39 is 0 Å². The summed E-state index contributed by atoms with van der Waals surface area (Å²) in [4.78, 5) is 19.1. The Bertz CT molecular complexity index is 797. The molecule has 0 radical (unpaired) electrons. The SMILES string of the molecule is Cc1cc(C(=O)N2CCC[C@@H](C)C2)ccc1NCc1nc(C2CC2)no1. The third-order valence-electron chi connectivity index (χ3n) is 5.27. The molecule has 2 aromatic rings. The van der Waals surface area contributed by atoms with Crippen molar-refractivity contribution >= 4 is 11.6 Å². The Hall–Kier alpha value is -2.37. The van der Waals surface area contributed by atoms with E-state index in [1.165, 1.54) is 6.42 Å². The van der Waals surface area contributed by atoms with Crippen LogP contribution in [0, 0.1) is 12.8 Å². The molecule has 1 amide bonds. The van der Waals surface area contributed by atoms with Crippen molar-refractivity contribution in [2.45, 2.75) is 52.0 Å². The lowest BCUT2D eigenvalue weighted by molar-refractivity contribution is 0.0683. The Morgan fingerprint density at radius 2 is 2.19 bits per heavy atom. The summed E-state index contributed by atoms with van der Waals surface area (Å²) < 4.78 is 5.29. The van der Waals surface area contributed by atoms with E-state index in [0.717, 1.165) is 55.0 Å². The van der Waals surface area contributed by atoms with Crippen LogP contribution in [0.5, 0.6) is 0 Å². The molecule has 1 aliphatic heterocycles. The first-order valence-corrected chi connectivity index (χ1v) is 9.56. The van der Waals surface area contributed by atoms with Crippen LogP contribution < -0.4 is 5.32 Å². The van der Waals surface area contributed by atoms with E-state index in [2.05, 4.69) is 22.4 Å². The van der Waals surface area contributed by atoms with Crippen LogP contribution in [-0.2, 0) is 6.54 Å². The van der Waals surface area contributed by atoms with Crippen LogP contribution in [0.3, 0.4) is 0 Å². The Labute approximate surface area is 154 Å². The molecule has 1 aliphatic carbocycles. The summed E-state index contributed by atoms with van der Waals surface area (Å²) in [5.41, 5.74) is 2.79. The third kappa shape index (κ3) is 3.74. The minimum atomic E-state index is 0.136. The molecule has 1 saturated heterocycles. The summed E-state index contributed by atoms with van der Waals surface area (Å²) in [7, 11) is 0. The highest BCUT2D eigenvalue weighted by Gasteiger charge is 2.28. The summed E-state index contributed by atoms with van der Waals surface area (Å²) in [5.74, 6) is 2.66. The monoisotopic (exact) mass is 354 g/mol. The molecule has 0 bridgehead atoms. The molecule has 2 fully saturated rings. The number of piperidine rings is 1. The predicted octanol–water partition coefficient (Wildman–Crippen LogP) is 3.74. The highest BCUT2D eigenvalue weighted by Crippen LogP contribution is 2.38. The molecule has 0 spiro atoms. The first-order chi connectivity index (χ1) is 12.6. The van der Waals surface area contributed by atoms with Crippen LogP contribution in [0.25, 0.3) is 0 Å². The molecule has 2 aliphatic rings. The number of nitrogens with one attached hydrogen (secondary N) is 1. The lowest BCUT2D eigenvalue weighted by atomic mass is 9.99. The molecule has 1 atom stereocenters. The molecular weight excluding hydrogens is 328 g/mol. The lowest BCUT2D eigenvalue weighted by Gasteiger charge is -2.31. The molecule has 2 heterocycles. The van der Waals surface area contributed by atoms with Crippen molar-refractivity contribution in [3.8, 4) is 0 Å². The summed E-state index contributed by atoms with van der Waals surface area (Å²) in [5, 5.41) is 7.37. The number of carbonyl (C=O) groups excluding carboxylic acids is 1. The number of benzene rings is 1. The van der Waals surface area contributed by atoms with Crippen molar-refractivity contribution in [1.82, 2.24) is 15.0 Å². The van der Waals surface area contributed by atoms with Crippen molar-refractivity contribution in [2.24, 2.45) is 5.92 Å². The van der Waals surface area contributed by atoms with Crippen molar-refractivity contribution in [3.63, 3.8) is 0 Å². The Morgan fingerprint density at radius 1 is 1.35 bits per heavy atom. The minimum absolute atomic E-state index is 0.136. The van der Waals surface area contributed by atoms with Gasteiger partial charge in [0, 0.05) is 30.3 Å². The van der Waals surface area contributed by atoms with Crippen LogP contribution in [0.15, 0.2) is 22.7 Å². The van der Waals surface area contributed by atoms with Crippen LogP contribution in [0.1, 0.15) is 66.2 Å². The minimum Gasteiger partial charge on any atom is -0.376 e. The molecule has 1 N–H and O–H groups in total. The maximum atomic E-state index is 12.7. The Kier molecular flexibility index (Phi) is 4.66. The highest BCUT2D eigenvalue weighted by molar-refractivity contribution is 5.95. The summed E-state index contributed by atoms with van der Waals surface area (Å²) in [6, 6.07) is 5.84. The molecule has 26 heavy (non-hydrogen) atoms. The fourth-order valence-electron chi connectivity index (χ4n) is 3.57. The topological polar surface area (TPSA) is 71.3 Å². The molecule has 0 unspecified atom stereocenters. The first-order valence-electron chi connectivity index (χ1n) is 9.56. The van der Waals surface area contributed by atoms with Crippen molar-refractivity contribution < 1.29 is 9.32 Å². The molecule has 6 heteroatoms. The van der Waals surface area contributed by atoms with Crippen molar-refractivity contribution in [1.29, 1.82) is 0 Å². The van der Waals surface area contributed by atoms with E-state index in [9.17, 15) is 4.79 Å². The molecule has 6 nitrogen and oxygen atoms in total. The maximum absolute atomic E-state index is 12.7. The lowest BCUT2D eigenvalue weighted by Crippen LogP contribution is -2.39. The number of amides is 1. The quantitative estimate of drug-likeness (QED) is 0.885. The number of aromatic nitrogens is 2. The van der Waals surface area contributed by atoms with E-state index in [1.54, 1.807) is 0 Å². The number of likely N-dealkylation sites (tertiary alicyclic amines) is 1. The number of aryl methyl sites for hydroxylation is 1. The number of carbonyl (C=O) groups is 1. The van der Waals surface area contributed by atoms with Crippen LogP contribution >= 0.6 is 0 Å². The molecule has 1 saturated carbocycles. The molecule has 1 aromatic heterocycles. The van der Waals surface area contributed by atoms with Gasteiger partial charge in [0.15, 0.2) is 5.82 Å². The predicted molar refractivity (Wildman–Crippen MR) is 99.1 cm³/mol. The van der Waals surface area contributed by atoms with Gasteiger partial charge in [0.1, 0.15) is 0 Å². The number of hydrogen-bond acceptors (Lipinski definition) is 5. The van der Waals surface area contributed by atoms with Gasteiger partial charge in [0.05, 0.1) is 6.54 Å². The Morgan fingerprint density at radius 3 is 2.92 bits per heavy atom. The second kappa shape index (κ2) is 7.09. The van der Waals surface area contributed by atoms with Gasteiger partial charge in [-0.1, -0.05) is 12.1 Å². The number of nitrogens with zero attached hydrogens (tertiary/aromatic N) is 3. The molecular formula is C20H26N4O2. The van der Waals surface area contributed by atoms with Gasteiger partial charge in [-0.05, 0) is 62.3 Å². The largest absolute Gasteiger partial charge is 0.376 e. The number of rotatable bonds is 5. The second-order valence-electron chi connectivity index (χ2n) is 7.70. The van der Waals surface area contributed by atoms with Gasteiger partial charge in [-0.3, -0.25) is 4.79 Å². The summed E-state index contributed by atoms with van der Waals surface area (Å²) in [6.07, 6.45) is 4.63. The fraction of sp³-hybridized carbons (Fsp3) is 0.550. The second-order valence-corrected chi connectivity index (χ2v) is 7.70. The highest BCUT2D eigenvalue weighted by atomic mass is 16.5. The normalized spacial score (nSPS) is 20.2. The van der Waals surface area contributed by atoms with E-state index in [0.29, 0.717) is 24.3 Å². The zero-order chi connectivity index (χ0) is 18.1. The van der Waals surface area contributed by atoms with E-state index in [4.69, 9.17) is 4.52 Å². The van der Waals surface area contributed by atoms with Crippen LogP contribution in [0.2, 0.25) is 0 Å². The number of anilines is 1. The first kappa shape index (κ1) is 17.1. The van der Waals surface area contributed by atoms with E-state index in [-0.39, 0.29) is 5.91 Å².